The van der Waals surface area contributed by atoms with E-state index in [0.29, 0.717) is 5.56 Å². The number of pyridine rings is 1. The summed E-state index contributed by atoms with van der Waals surface area (Å²) >= 11 is 0. The van der Waals surface area contributed by atoms with Crippen molar-refractivity contribution in [1.82, 2.24) is 10.3 Å². The maximum Gasteiger partial charge on any atom is 0.328 e. The molecule has 0 bridgehead atoms. The van der Waals surface area contributed by atoms with Gasteiger partial charge in [-0.25, -0.2) is 4.79 Å². The number of rotatable bonds is 5. The highest BCUT2D eigenvalue weighted by Gasteiger charge is 2.23. The molecule has 1 atom stereocenters. The summed E-state index contributed by atoms with van der Waals surface area (Å²) in [5, 5.41) is 11.4. The lowest BCUT2D eigenvalue weighted by Gasteiger charge is -2.16. The maximum absolute atomic E-state index is 12.1. The minimum Gasteiger partial charge on any atom is -0.467 e. The first-order chi connectivity index (χ1) is 11.1. The van der Waals surface area contributed by atoms with Gasteiger partial charge in [0.2, 0.25) is 0 Å². The van der Waals surface area contributed by atoms with Crippen LogP contribution in [0, 0.1) is 11.3 Å². The molecule has 1 aromatic heterocycles. The van der Waals surface area contributed by atoms with E-state index in [1.165, 1.54) is 13.3 Å². The van der Waals surface area contributed by atoms with Crippen LogP contribution in [0.3, 0.4) is 0 Å². The van der Waals surface area contributed by atoms with Crippen molar-refractivity contribution in [2.24, 2.45) is 0 Å². The zero-order valence-electron chi connectivity index (χ0n) is 12.5. The second-order valence-corrected chi connectivity index (χ2v) is 4.78. The summed E-state index contributed by atoms with van der Waals surface area (Å²) in [7, 11) is 1.26. The summed E-state index contributed by atoms with van der Waals surface area (Å²) in [6, 6.07) is 12.9. The second kappa shape index (κ2) is 7.71. The van der Waals surface area contributed by atoms with E-state index in [0.717, 1.165) is 5.56 Å². The van der Waals surface area contributed by atoms with E-state index in [-0.39, 0.29) is 12.1 Å². The average molecular weight is 309 g/mol. The molecule has 2 rings (SSSR count). The fourth-order valence-electron chi connectivity index (χ4n) is 2.02. The largest absolute Gasteiger partial charge is 0.467 e. The third-order valence-electron chi connectivity index (χ3n) is 3.21. The minimum absolute atomic E-state index is 0.223. The fourth-order valence-corrected chi connectivity index (χ4v) is 2.02. The summed E-state index contributed by atoms with van der Waals surface area (Å²) < 4.78 is 4.74. The molecule has 1 amide bonds. The molecule has 0 radical (unpaired) electrons. The van der Waals surface area contributed by atoms with Crippen LogP contribution in [0.1, 0.15) is 21.6 Å². The number of amides is 1. The van der Waals surface area contributed by atoms with Crippen LogP contribution in [0.4, 0.5) is 0 Å². The van der Waals surface area contributed by atoms with Gasteiger partial charge in [-0.1, -0.05) is 18.2 Å². The van der Waals surface area contributed by atoms with E-state index in [1.54, 1.807) is 42.5 Å². The molecule has 0 saturated heterocycles. The number of esters is 1. The predicted molar refractivity (Wildman–Crippen MR) is 82.4 cm³/mol. The van der Waals surface area contributed by atoms with Crippen LogP contribution in [0.25, 0.3) is 0 Å². The SMILES string of the molecule is COC(=O)[C@H](Cc1ccc(C#N)cc1)NC(=O)c1ccccn1. The number of nitrogens with zero attached hydrogens (tertiary/aromatic N) is 2. The van der Waals surface area contributed by atoms with Crippen LogP contribution in [0.5, 0.6) is 0 Å². The molecule has 0 spiro atoms. The Balaban J connectivity index is 2.12. The van der Waals surface area contributed by atoms with Crippen LogP contribution >= 0.6 is 0 Å². The molecule has 6 heteroatoms. The van der Waals surface area contributed by atoms with E-state index >= 15 is 0 Å². The van der Waals surface area contributed by atoms with Gasteiger partial charge in [0.15, 0.2) is 0 Å². The molecule has 23 heavy (non-hydrogen) atoms. The van der Waals surface area contributed by atoms with Crippen molar-refractivity contribution in [2.75, 3.05) is 7.11 Å². The number of carbonyl (C=O) groups excluding carboxylic acids is 2. The molecule has 116 valence electrons. The van der Waals surface area contributed by atoms with Crippen molar-refractivity contribution in [3.05, 3.63) is 65.5 Å². The van der Waals surface area contributed by atoms with Gasteiger partial charge in [0.25, 0.3) is 5.91 Å². The Morgan fingerprint density at radius 1 is 1.26 bits per heavy atom. The van der Waals surface area contributed by atoms with Crippen molar-refractivity contribution >= 4 is 11.9 Å². The summed E-state index contributed by atoms with van der Waals surface area (Å²) in [5.41, 5.74) is 1.56. The number of hydrogen-bond acceptors (Lipinski definition) is 5. The highest BCUT2D eigenvalue weighted by Crippen LogP contribution is 2.08. The molecule has 0 fully saturated rings. The molecule has 0 aliphatic heterocycles. The minimum atomic E-state index is -0.831. The van der Waals surface area contributed by atoms with Gasteiger partial charge in [-0.15, -0.1) is 0 Å². The lowest BCUT2D eigenvalue weighted by Crippen LogP contribution is -2.43. The number of benzene rings is 1. The Morgan fingerprint density at radius 3 is 2.57 bits per heavy atom. The first-order valence-electron chi connectivity index (χ1n) is 6.93. The number of nitriles is 1. The molecular weight excluding hydrogens is 294 g/mol. The monoisotopic (exact) mass is 309 g/mol. The standard InChI is InChI=1S/C17H15N3O3/c1-23-17(22)15(10-12-5-7-13(11-18)8-6-12)20-16(21)14-4-2-3-9-19-14/h2-9,15H,10H2,1H3,(H,20,21)/t15-/m0/s1. The zero-order chi connectivity index (χ0) is 16.7. The summed E-state index contributed by atoms with van der Waals surface area (Å²) in [5.74, 6) is -0.992. The number of aromatic nitrogens is 1. The number of nitrogens with one attached hydrogen (secondary N) is 1. The number of carbonyl (C=O) groups is 2. The van der Waals surface area contributed by atoms with Crippen molar-refractivity contribution in [1.29, 1.82) is 5.26 Å². The van der Waals surface area contributed by atoms with Crippen molar-refractivity contribution < 1.29 is 14.3 Å². The first kappa shape index (κ1) is 16.2. The summed E-state index contributed by atoms with van der Waals surface area (Å²) in [4.78, 5) is 28.0. The Bertz CT molecular complexity index is 721. The molecule has 0 unspecified atom stereocenters. The van der Waals surface area contributed by atoms with Crippen molar-refractivity contribution in [3.8, 4) is 6.07 Å². The average Bonchev–Trinajstić information content (AvgIpc) is 2.61. The van der Waals surface area contributed by atoms with E-state index in [4.69, 9.17) is 10.00 Å². The van der Waals surface area contributed by atoms with Crippen molar-refractivity contribution in [3.63, 3.8) is 0 Å². The van der Waals surface area contributed by atoms with Crippen molar-refractivity contribution in [2.45, 2.75) is 12.5 Å². The first-order valence-corrected chi connectivity index (χ1v) is 6.93. The summed E-state index contributed by atoms with van der Waals surface area (Å²) in [6.07, 6.45) is 1.76. The molecule has 1 N–H and O–H groups in total. The predicted octanol–water partition coefficient (Wildman–Crippen LogP) is 1.47. The Hall–Kier alpha value is -3.20. The normalized spacial score (nSPS) is 11.1. The van der Waals surface area contributed by atoms with Gasteiger partial charge in [-0.2, -0.15) is 5.26 Å². The van der Waals surface area contributed by atoms with Crippen LogP contribution in [0.15, 0.2) is 48.7 Å². The van der Waals surface area contributed by atoms with E-state index in [2.05, 4.69) is 10.3 Å². The highest BCUT2D eigenvalue weighted by atomic mass is 16.5. The second-order valence-electron chi connectivity index (χ2n) is 4.78. The van der Waals surface area contributed by atoms with Crippen LogP contribution in [0.2, 0.25) is 0 Å². The Morgan fingerprint density at radius 2 is 2.00 bits per heavy atom. The van der Waals surface area contributed by atoms with Gasteiger partial charge in [-0.05, 0) is 29.8 Å². The van der Waals surface area contributed by atoms with E-state index < -0.39 is 17.9 Å². The van der Waals surface area contributed by atoms with Crippen LogP contribution in [-0.2, 0) is 16.0 Å². The lowest BCUT2D eigenvalue weighted by atomic mass is 10.0. The number of ether oxygens (including phenoxy) is 1. The maximum atomic E-state index is 12.1. The lowest BCUT2D eigenvalue weighted by molar-refractivity contribution is -0.142. The Kier molecular flexibility index (Phi) is 5.42. The van der Waals surface area contributed by atoms with Crippen LogP contribution < -0.4 is 5.32 Å². The van der Waals surface area contributed by atoms with Crippen LogP contribution in [-0.4, -0.2) is 30.0 Å². The van der Waals surface area contributed by atoms with E-state index in [1.807, 2.05) is 6.07 Å². The number of methoxy groups -OCH3 is 1. The topological polar surface area (TPSA) is 92.1 Å². The van der Waals surface area contributed by atoms with Gasteiger partial charge in [-0.3, -0.25) is 9.78 Å². The molecule has 6 nitrogen and oxygen atoms in total. The van der Waals surface area contributed by atoms with Gasteiger partial charge >= 0.3 is 5.97 Å². The molecule has 2 aromatic rings. The van der Waals surface area contributed by atoms with Gasteiger partial charge in [0.1, 0.15) is 11.7 Å². The smallest absolute Gasteiger partial charge is 0.328 e. The molecule has 0 saturated carbocycles. The Labute approximate surface area is 133 Å². The molecular formula is C17H15N3O3. The summed E-state index contributed by atoms with van der Waals surface area (Å²) in [6.45, 7) is 0. The molecule has 1 heterocycles. The quantitative estimate of drug-likeness (QED) is 0.844. The number of hydrogen-bond donors (Lipinski definition) is 1. The van der Waals surface area contributed by atoms with Gasteiger partial charge in [0.05, 0.1) is 18.7 Å². The zero-order valence-corrected chi connectivity index (χ0v) is 12.5. The fraction of sp³-hybridized carbons (Fsp3) is 0.176. The molecule has 1 aromatic carbocycles. The highest BCUT2D eigenvalue weighted by molar-refractivity contribution is 5.95. The third kappa shape index (κ3) is 4.38. The van der Waals surface area contributed by atoms with Gasteiger partial charge < -0.3 is 10.1 Å². The van der Waals surface area contributed by atoms with E-state index in [9.17, 15) is 9.59 Å². The van der Waals surface area contributed by atoms with Gasteiger partial charge in [0, 0.05) is 12.6 Å². The molecule has 0 aliphatic rings. The molecule has 0 aliphatic carbocycles. The third-order valence-corrected chi connectivity index (χ3v) is 3.21.